The van der Waals surface area contributed by atoms with Gasteiger partial charge in [0.1, 0.15) is 0 Å². The van der Waals surface area contributed by atoms with Gasteiger partial charge in [0, 0.05) is 17.8 Å². The highest BCUT2D eigenvalue weighted by Gasteiger charge is 2.17. The molecule has 0 unspecified atom stereocenters. The lowest BCUT2D eigenvalue weighted by Gasteiger charge is -2.17. The Bertz CT molecular complexity index is 1050. The maximum atomic E-state index is 6.05. The Kier molecular flexibility index (Phi) is 4.23. The molecule has 26 heavy (non-hydrogen) atoms. The van der Waals surface area contributed by atoms with E-state index in [9.17, 15) is 0 Å². The van der Waals surface area contributed by atoms with Crippen LogP contribution < -0.4 is 10.6 Å². The monoisotopic (exact) mass is 385 g/mol. The molecule has 0 fully saturated rings. The quantitative estimate of drug-likeness (QED) is 0.567. The SMILES string of the molecule is CN(c1cccc(Cl)c1)c1nc(N)nc(-c2noc(-c3cccs3)n2)n1. The van der Waals surface area contributed by atoms with Crippen molar-refractivity contribution >= 4 is 40.5 Å². The largest absolute Gasteiger partial charge is 0.368 e. The topological polar surface area (TPSA) is 107 Å². The molecule has 0 atom stereocenters. The van der Waals surface area contributed by atoms with E-state index in [1.165, 1.54) is 11.3 Å². The maximum Gasteiger partial charge on any atom is 0.268 e. The molecule has 0 spiro atoms. The minimum Gasteiger partial charge on any atom is -0.368 e. The third-order valence-electron chi connectivity index (χ3n) is 3.49. The maximum absolute atomic E-state index is 6.05. The van der Waals surface area contributed by atoms with Crippen LogP contribution in [-0.2, 0) is 0 Å². The molecular formula is C16H12ClN7OS. The van der Waals surface area contributed by atoms with Crippen molar-refractivity contribution in [3.05, 3.63) is 46.8 Å². The van der Waals surface area contributed by atoms with Gasteiger partial charge in [0.05, 0.1) is 4.88 Å². The van der Waals surface area contributed by atoms with E-state index in [2.05, 4.69) is 25.1 Å². The molecule has 0 bridgehead atoms. The van der Waals surface area contributed by atoms with Crippen molar-refractivity contribution in [3.8, 4) is 22.4 Å². The van der Waals surface area contributed by atoms with Gasteiger partial charge in [-0.25, -0.2) is 0 Å². The van der Waals surface area contributed by atoms with Crippen LogP contribution in [0.15, 0.2) is 46.3 Å². The first-order chi connectivity index (χ1) is 12.6. The van der Waals surface area contributed by atoms with Crippen molar-refractivity contribution in [2.75, 3.05) is 17.7 Å². The summed E-state index contributed by atoms with van der Waals surface area (Å²) in [4.78, 5) is 19.6. The smallest absolute Gasteiger partial charge is 0.268 e. The number of rotatable bonds is 4. The Labute approximate surface area is 157 Å². The number of nitrogen functional groups attached to an aromatic ring is 1. The molecule has 0 amide bonds. The zero-order valence-corrected chi connectivity index (χ0v) is 15.1. The first-order valence-electron chi connectivity index (χ1n) is 7.49. The van der Waals surface area contributed by atoms with Gasteiger partial charge in [0.25, 0.3) is 5.89 Å². The lowest BCUT2D eigenvalue weighted by Crippen LogP contribution is -2.15. The van der Waals surface area contributed by atoms with Crippen molar-refractivity contribution < 1.29 is 4.52 Å². The Balaban J connectivity index is 1.70. The lowest BCUT2D eigenvalue weighted by atomic mass is 10.3. The van der Waals surface area contributed by atoms with Crippen LogP contribution in [0, 0.1) is 0 Å². The van der Waals surface area contributed by atoms with Gasteiger partial charge in [-0.2, -0.15) is 19.9 Å². The van der Waals surface area contributed by atoms with Gasteiger partial charge in [-0.3, -0.25) is 0 Å². The van der Waals surface area contributed by atoms with Crippen LogP contribution in [0.2, 0.25) is 5.02 Å². The molecule has 0 saturated carbocycles. The Morgan fingerprint density at radius 1 is 1.08 bits per heavy atom. The molecular weight excluding hydrogens is 374 g/mol. The molecule has 0 radical (unpaired) electrons. The highest BCUT2D eigenvalue weighted by Crippen LogP contribution is 2.27. The van der Waals surface area contributed by atoms with Crippen molar-refractivity contribution in [2.24, 2.45) is 0 Å². The molecule has 4 rings (SSSR count). The average Bonchev–Trinajstić information content (AvgIpc) is 3.32. The van der Waals surface area contributed by atoms with Crippen LogP contribution in [0.3, 0.4) is 0 Å². The molecule has 0 aliphatic heterocycles. The Morgan fingerprint density at radius 2 is 1.96 bits per heavy atom. The van der Waals surface area contributed by atoms with E-state index in [0.29, 0.717) is 16.9 Å². The first-order valence-corrected chi connectivity index (χ1v) is 8.75. The highest BCUT2D eigenvalue weighted by atomic mass is 35.5. The van der Waals surface area contributed by atoms with Crippen molar-refractivity contribution in [3.63, 3.8) is 0 Å². The summed E-state index contributed by atoms with van der Waals surface area (Å²) in [5, 5.41) is 6.48. The number of nitrogens with zero attached hydrogens (tertiary/aromatic N) is 6. The molecule has 0 saturated heterocycles. The molecule has 130 valence electrons. The molecule has 10 heteroatoms. The zero-order chi connectivity index (χ0) is 18.1. The van der Waals surface area contributed by atoms with Gasteiger partial charge < -0.3 is 15.2 Å². The summed E-state index contributed by atoms with van der Waals surface area (Å²) in [5.41, 5.74) is 6.65. The van der Waals surface area contributed by atoms with E-state index in [-0.39, 0.29) is 17.6 Å². The second-order valence-electron chi connectivity index (χ2n) is 5.26. The van der Waals surface area contributed by atoms with Gasteiger partial charge in [-0.05, 0) is 29.6 Å². The molecule has 3 aromatic heterocycles. The van der Waals surface area contributed by atoms with Gasteiger partial charge in [-0.1, -0.05) is 28.9 Å². The fourth-order valence-corrected chi connectivity index (χ4v) is 3.07. The van der Waals surface area contributed by atoms with Crippen LogP contribution in [0.4, 0.5) is 17.6 Å². The number of hydrogen-bond donors (Lipinski definition) is 1. The fraction of sp³-hybridized carbons (Fsp3) is 0.0625. The molecule has 1 aromatic carbocycles. The molecule has 8 nitrogen and oxygen atoms in total. The summed E-state index contributed by atoms with van der Waals surface area (Å²) < 4.78 is 5.28. The van der Waals surface area contributed by atoms with Gasteiger partial charge >= 0.3 is 0 Å². The summed E-state index contributed by atoms with van der Waals surface area (Å²) in [5.74, 6) is 1.27. The third kappa shape index (κ3) is 3.22. The molecule has 2 N–H and O–H groups in total. The molecule has 4 aromatic rings. The van der Waals surface area contributed by atoms with Gasteiger partial charge in [-0.15, -0.1) is 11.3 Å². The predicted molar refractivity (Wildman–Crippen MR) is 100 cm³/mol. The second-order valence-corrected chi connectivity index (χ2v) is 6.64. The van der Waals surface area contributed by atoms with Crippen LogP contribution in [0.5, 0.6) is 0 Å². The van der Waals surface area contributed by atoms with E-state index in [0.717, 1.165) is 10.6 Å². The Hall–Kier alpha value is -3.04. The van der Waals surface area contributed by atoms with E-state index in [4.69, 9.17) is 21.9 Å². The number of aromatic nitrogens is 5. The molecule has 0 aliphatic carbocycles. The summed E-state index contributed by atoms with van der Waals surface area (Å²) in [6.45, 7) is 0. The standard InChI is InChI=1S/C16H12ClN7OS/c1-24(10-5-2-4-9(17)8-10)16-21-12(20-15(18)22-16)13-19-14(25-23-13)11-6-3-7-26-11/h2-8H,1H3,(H2,18,20,21,22). The van der Waals surface area contributed by atoms with Crippen LogP contribution >= 0.6 is 22.9 Å². The van der Waals surface area contributed by atoms with Gasteiger partial charge in [0.2, 0.25) is 23.5 Å². The van der Waals surface area contributed by atoms with E-state index >= 15 is 0 Å². The second kappa shape index (κ2) is 6.70. The fourth-order valence-electron chi connectivity index (χ4n) is 2.25. The minimum atomic E-state index is 0.0568. The van der Waals surface area contributed by atoms with Crippen LogP contribution in [0.1, 0.15) is 0 Å². The summed E-state index contributed by atoms with van der Waals surface area (Å²) in [6, 6.07) is 11.1. The lowest BCUT2D eigenvalue weighted by molar-refractivity contribution is 0.433. The van der Waals surface area contributed by atoms with E-state index < -0.39 is 0 Å². The molecule has 0 aliphatic rings. The predicted octanol–water partition coefficient (Wildman–Crippen LogP) is 3.65. The average molecular weight is 386 g/mol. The van der Waals surface area contributed by atoms with Gasteiger partial charge in [0.15, 0.2) is 0 Å². The number of hydrogen-bond acceptors (Lipinski definition) is 9. The molecule has 3 heterocycles. The summed E-state index contributed by atoms with van der Waals surface area (Å²) in [6.07, 6.45) is 0. The first kappa shape index (κ1) is 16.4. The number of benzene rings is 1. The van der Waals surface area contributed by atoms with Crippen molar-refractivity contribution in [1.82, 2.24) is 25.1 Å². The number of thiophene rings is 1. The number of anilines is 3. The van der Waals surface area contributed by atoms with Crippen LogP contribution in [0.25, 0.3) is 22.4 Å². The normalized spacial score (nSPS) is 10.8. The number of halogens is 1. The van der Waals surface area contributed by atoms with E-state index in [1.807, 2.05) is 29.6 Å². The minimum absolute atomic E-state index is 0.0568. The summed E-state index contributed by atoms with van der Waals surface area (Å²) in [7, 11) is 1.80. The highest BCUT2D eigenvalue weighted by molar-refractivity contribution is 7.13. The van der Waals surface area contributed by atoms with Crippen molar-refractivity contribution in [2.45, 2.75) is 0 Å². The van der Waals surface area contributed by atoms with Crippen molar-refractivity contribution in [1.29, 1.82) is 0 Å². The number of nitrogens with two attached hydrogens (primary N) is 1. The third-order valence-corrected chi connectivity index (χ3v) is 4.59. The van der Waals surface area contributed by atoms with E-state index in [1.54, 1.807) is 24.1 Å². The zero-order valence-electron chi connectivity index (χ0n) is 13.5. The van der Waals surface area contributed by atoms with Crippen LogP contribution in [-0.4, -0.2) is 32.1 Å². The summed E-state index contributed by atoms with van der Waals surface area (Å²) >= 11 is 7.55. The Morgan fingerprint density at radius 3 is 2.73 bits per heavy atom.